The summed E-state index contributed by atoms with van der Waals surface area (Å²) < 4.78 is 7.00. The van der Waals surface area contributed by atoms with E-state index in [0.717, 1.165) is 5.56 Å². The number of benzene rings is 2. The number of rotatable bonds is 5. The lowest BCUT2D eigenvalue weighted by atomic mass is 10.2. The van der Waals surface area contributed by atoms with Crippen LogP contribution in [0.15, 0.2) is 66.7 Å². The molecular formula is C20H22NO2+. The summed E-state index contributed by atoms with van der Waals surface area (Å²) in [5, 5.41) is 0. The highest BCUT2D eigenvalue weighted by Gasteiger charge is 2.21. The number of carbonyl (C=O) groups excluding carboxylic acids is 1. The van der Waals surface area contributed by atoms with Crippen molar-refractivity contribution < 1.29 is 14.1 Å². The van der Waals surface area contributed by atoms with E-state index >= 15 is 0 Å². The average Bonchev–Trinajstić information content (AvgIpc) is 2.55. The van der Waals surface area contributed by atoms with E-state index in [4.69, 9.17) is 4.74 Å². The Labute approximate surface area is 137 Å². The third-order valence-corrected chi connectivity index (χ3v) is 3.10. The molecule has 0 bridgehead atoms. The molecule has 0 aliphatic rings. The molecular weight excluding hydrogens is 286 g/mol. The van der Waals surface area contributed by atoms with E-state index in [1.165, 1.54) is 0 Å². The van der Waals surface area contributed by atoms with Crippen LogP contribution in [0.4, 0.5) is 4.79 Å². The van der Waals surface area contributed by atoms with Crippen LogP contribution in [0.3, 0.4) is 0 Å². The van der Waals surface area contributed by atoms with Gasteiger partial charge in [-0.05, 0) is 23.8 Å². The van der Waals surface area contributed by atoms with Gasteiger partial charge < -0.3 is 4.74 Å². The van der Waals surface area contributed by atoms with Crippen molar-refractivity contribution in [3.63, 3.8) is 0 Å². The summed E-state index contributed by atoms with van der Waals surface area (Å²) >= 11 is 0. The fraction of sp³-hybridized carbons (Fsp3) is 0.200. The molecule has 118 valence electrons. The normalized spacial score (nSPS) is 11.9. The molecule has 2 aromatic rings. The first kappa shape index (κ1) is 16.7. The maximum absolute atomic E-state index is 12.3. The first-order valence-electron chi connectivity index (χ1n) is 7.75. The van der Waals surface area contributed by atoms with Gasteiger partial charge in [0.1, 0.15) is 5.75 Å². The molecule has 0 atom stereocenters. The van der Waals surface area contributed by atoms with Crippen LogP contribution >= 0.6 is 0 Å². The zero-order valence-electron chi connectivity index (χ0n) is 13.6. The van der Waals surface area contributed by atoms with Gasteiger partial charge in [-0.15, -0.1) is 4.58 Å². The number of carbonyl (C=O) groups is 1. The van der Waals surface area contributed by atoms with Gasteiger partial charge in [-0.25, -0.2) is 0 Å². The van der Waals surface area contributed by atoms with Crippen molar-refractivity contribution in [2.24, 2.45) is 5.92 Å². The molecule has 0 unspecified atom stereocenters. The van der Waals surface area contributed by atoms with Crippen molar-refractivity contribution in [1.82, 2.24) is 0 Å². The van der Waals surface area contributed by atoms with Gasteiger partial charge in [0.25, 0.3) is 0 Å². The predicted molar refractivity (Wildman–Crippen MR) is 94.0 cm³/mol. The Morgan fingerprint density at radius 1 is 1.04 bits per heavy atom. The van der Waals surface area contributed by atoms with Crippen LogP contribution in [0.25, 0.3) is 6.08 Å². The fourth-order valence-electron chi connectivity index (χ4n) is 2.06. The Kier molecular flexibility index (Phi) is 6.30. The summed E-state index contributed by atoms with van der Waals surface area (Å²) in [4.78, 5) is 12.3. The minimum Gasteiger partial charge on any atom is -0.373 e. The number of allylic oxidation sites excluding steroid dienone is 1. The Bertz CT molecular complexity index is 673. The molecule has 3 heteroatoms. The van der Waals surface area contributed by atoms with Gasteiger partial charge in [-0.3, -0.25) is 0 Å². The second-order valence-corrected chi connectivity index (χ2v) is 5.65. The molecule has 2 aromatic carbocycles. The first-order chi connectivity index (χ1) is 11.1. The summed E-state index contributed by atoms with van der Waals surface area (Å²) in [6, 6.07) is 19.1. The quantitative estimate of drug-likeness (QED) is 0.595. The van der Waals surface area contributed by atoms with Crippen LogP contribution in [-0.4, -0.2) is 23.4 Å². The molecule has 0 spiro atoms. The van der Waals surface area contributed by atoms with Gasteiger partial charge >= 0.3 is 6.09 Å². The highest BCUT2D eigenvalue weighted by atomic mass is 16.6. The second kappa shape index (κ2) is 8.69. The van der Waals surface area contributed by atoms with Crippen LogP contribution < -0.4 is 4.74 Å². The summed E-state index contributed by atoms with van der Waals surface area (Å²) in [6.45, 7) is 4.74. The number of nitrogens with zero attached hydrogens (tertiary/aromatic N) is 1. The Morgan fingerprint density at radius 2 is 1.65 bits per heavy atom. The maximum Gasteiger partial charge on any atom is 0.601 e. The van der Waals surface area contributed by atoms with Gasteiger partial charge in [-0.1, -0.05) is 62.4 Å². The molecule has 0 saturated heterocycles. The van der Waals surface area contributed by atoms with E-state index in [0.29, 0.717) is 18.2 Å². The van der Waals surface area contributed by atoms with Crippen molar-refractivity contribution in [1.29, 1.82) is 0 Å². The van der Waals surface area contributed by atoms with Crippen LogP contribution in [0.1, 0.15) is 19.4 Å². The van der Waals surface area contributed by atoms with Gasteiger partial charge in [0.15, 0.2) is 12.8 Å². The molecule has 1 amide bonds. The Morgan fingerprint density at radius 3 is 2.26 bits per heavy atom. The second-order valence-electron chi connectivity index (χ2n) is 5.65. The lowest BCUT2D eigenvalue weighted by Gasteiger charge is -2.04. The summed E-state index contributed by atoms with van der Waals surface area (Å²) in [5.74, 6) is 0.895. The molecule has 0 heterocycles. The molecule has 0 aromatic heterocycles. The molecule has 0 aliphatic heterocycles. The smallest absolute Gasteiger partial charge is 0.373 e. The van der Waals surface area contributed by atoms with Crippen molar-refractivity contribution in [2.45, 2.75) is 13.8 Å². The van der Waals surface area contributed by atoms with Crippen LogP contribution in [-0.2, 0) is 0 Å². The van der Waals surface area contributed by atoms with Crippen LogP contribution in [0, 0.1) is 5.92 Å². The zero-order valence-corrected chi connectivity index (χ0v) is 13.6. The SMILES string of the molecule is CC(C)C/[N+](=C\C=C\c1ccccc1)C(=O)Oc1ccccc1. The molecule has 0 radical (unpaired) electrons. The number of para-hydroxylation sites is 1. The molecule has 2 rings (SSSR count). The minimum absolute atomic E-state index is 0.347. The molecule has 0 aliphatic carbocycles. The summed E-state index contributed by atoms with van der Waals surface area (Å²) in [6.07, 6.45) is 5.22. The van der Waals surface area contributed by atoms with E-state index in [1.807, 2.05) is 60.7 Å². The van der Waals surface area contributed by atoms with E-state index in [9.17, 15) is 4.79 Å². The number of amides is 1. The third kappa shape index (κ3) is 5.91. The van der Waals surface area contributed by atoms with E-state index in [2.05, 4.69) is 13.8 Å². The topological polar surface area (TPSA) is 29.3 Å². The highest BCUT2D eigenvalue weighted by Crippen LogP contribution is 2.09. The maximum atomic E-state index is 12.3. The minimum atomic E-state index is -0.373. The van der Waals surface area contributed by atoms with Crippen molar-refractivity contribution >= 4 is 18.4 Å². The standard InChI is InChI=1S/C20H22NO2/c1-17(2)16-21(15-9-12-18-10-5-3-6-11-18)20(22)23-19-13-7-4-8-14-19/h3-15,17H,16H2,1-2H3/q+1/b12-9+,21-15+. The number of ether oxygens (including phenoxy) is 1. The van der Waals surface area contributed by atoms with Gasteiger partial charge in [0.2, 0.25) is 0 Å². The largest absolute Gasteiger partial charge is 0.601 e. The van der Waals surface area contributed by atoms with Crippen LogP contribution in [0.2, 0.25) is 0 Å². The van der Waals surface area contributed by atoms with E-state index < -0.39 is 0 Å². The molecule has 0 N–H and O–H groups in total. The van der Waals surface area contributed by atoms with Crippen molar-refractivity contribution in [3.05, 3.63) is 72.3 Å². The van der Waals surface area contributed by atoms with Crippen LogP contribution in [0.5, 0.6) is 5.75 Å². The fourth-order valence-corrected chi connectivity index (χ4v) is 2.06. The molecule has 0 fully saturated rings. The van der Waals surface area contributed by atoms with Gasteiger partial charge in [0.05, 0.1) is 0 Å². The third-order valence-electron chi connectivity index (χ3n) is 3.10. The zero-order chi connectivity index (χ0) is 16.5. The summed E-state index contributed by atoms with van der Waals surface area (Å²) in [5.41, 5.74) is 1.09. The molecule has 23 heavy (non-hydrogen) atoms. The van der Waals surface area contributed by atoms with Crippen molar-refractivity contribution in [3.8, 4) is 5.75 Å². The predicted octanol–water partition coefficient (Wildman–Crippen LogP) is 4.64. The van der Waals surface area contributed by atoms with E-state index in [1.54, 1.807) is 22.9 Å². The monoisotopic (exact) mass is 308 g/mol. The number of hydrogen-bond donors (Lipinski definition) is 0. The Balaban J connectivity index is 2.10. The first-order valence-corrected chi connectivity index (χ1v) is 7.75. The summed E-state index contributed by atoms with van der Waals surface area (Å²) in [7, 11) is 0. The lowest BCUT2D eigenvalue weighted by Crippen LogP contribution is -2.28. The van der Waals surface area contributed by atoms with Gasteiger partial charge in [0, 0.05) is 12.0 Å². The average molecular weight is 308 g/mol. The van der Waals surface area contributed by atoms with Crippen molar-refractivity contribution in [2.75, 3.05) is 6.54 Å². The molecule has 0 saturated carbocycles. The highest BCUT2D eigenvalue weighted by molar-refractivity contribution is 5.79. The van der Waals surface area contributed by atoms with Gasteiger partial charge in [-0.2, -0.15) is 4.79 Å². The molecule has 3 nitrogen and oxygen atoms in total. The lowest BCUT2D eigenvalue weighted by molar-refractivity contribution is -0.443. The van der Waals surface area contributed by atoms with E-state index in [-0.39, 0.29) is 6.09 Å². The number of hydrogen-bond acceptors (Lipinski definition) is 2. The Hall–Kier alpha value is -2.68.